The highest BCUT2D eigenvalue weighted by Gasteiger charge is 2.44. The van der Waals surface area contributed by atoms with Gasteiger partial charge in [-0.2, -0.15) is 5.10 Å². The van der Waals surface area contributed by atoms with Gasteiger partial charge in [0.15, 0.2) is 5.72 Å². The molecular formula is C18H17ClN2O2. The van der Waals surface area contributed by atoms with E-state index in [0.717, 1.165) is 17.0 Å². The fraction of sp³-hybridized carbons (Fsp3) is 0.278. The van der Waals surface area contributed by atoms with Crippen LogP contribution in [0.3, 0.4) is 0 Å². The van der Waals surface area contributed by atoms with Crippen LogP contribution in [0.15, 0.2) is 47.6 Å². The number of halogens is 1. The minimum atomic E-state index is -0.547. The van der Waals surface area contributed by atoms with Crippen LogP contribution in [-0.4, -0.2) is 21.6 Å². The van der Waals surface area contributed by atoms with E-state index in [4.69, 9.17) is 21.4 Å². The maximum absolute atomic E-state index is 10.2. The number of hydrogen-bond donors (Lipinski definition) is 1. The third-order valence-electron chi connectivity index (χ3n) is 4.37. The average molecular weight is 329 g/mol. The number of para-hydroxylation sites is 1. The zero-order valence-electron chi connectivity index (χ0n) is 13.0. The summed E-state index contributed by atoms with van der Waals surface area (Å²) in [7, 11) is 0. The zero-order chi connectivity index (χ0) is 16.2. The molecule has 0 unspecified atom stereocenters. The van der Waals surface area contributed by atoms with Crippen molar-refractivity contribution in [3.63, 3.8) is 0 Å². The van der Waals surface area contributed by atoms with Crippen LogP contribution >= 0.6 is 11.6 Å². The molecule has 5 heteroatoms. The van der Waals surface area contributed by atoms with Crippen molar-refractivity contribution in [3.8, 4) is 11.5 Å². The van der Waals surface area contributed by atoms with E-state index in [1.165, 1.54) is 0 Å². The summed E-state index contributed by atoms with van der Waals surface area (Å²) >= 11 is 6.08. The van der Waals surface area contributed by atoms with Crippen molar-refractivity contribution < 1.29 is 9.84 Å². The Hall–Kier alpha value is -2.20. The molecule has 0 saturated carbocycles. The van der Waals surface area contributed by atoms with E-state index in [9.17, 15) is 5.11 Å². The van der Waals surface area contributed by atoms with Gasteiger partial charge in [0.2, 0.25) is 0 Å². The van der Waals surface area contributed by atoms with Crippen molar-refractivity contribution in [1.82, 2.24) is 5.01 Å². The molecule has 0 radical (unpaired) electrons. The van der Waals surface area contributed by atoms with Crippen LogP contribution in [0.5, 0.6) is 11.5 Å². The summed E-state index contributed by atoms with van der Waals surface area (Å²) in [5.74, 6) is 1.09. The van der Waals surface area contributed by atoms with E-state index >= 15 is 0 Å². The summed E-state index contributed by atoms with van der Waals surface area (Å²) < 4.78 is 6.10. The second kappa shape index (κ2) is 4.90. The molecule has 2 aliphatic heterocycles. The Kier molecular flexibility index (Phi) is 3.07. The van der Waals surface area contributed by atoms with E-state index in [-0.39, 0.29) is 11.8 Å². The highest BCUT2D eigenvalue weighted by Crippen LogP contribution is 2.46. The Balaban J connectivity index is 1.80. The number of fused-ring (bicyclic) bond motifs is 3. The minimum Gasteiger partial charge on any atom is -0.507 e. The third kappa shape index (κ3) is 2.25. The van der Waals surface area contributed by atoms with E-state index < -0.39 is 5.72 Å². The number of aromatic hydroxyl groups is 1. The molecule has 118 valence electrons. The molecule has 0 saturated heterocycles. The quantitative estimate of drug-likeness (QED) is 0.847. The van der Waals surface area contributed by atoms with Crippen LogP contribution < -0.4 is 4.74 Å². The first-order valence-corrected chi connectivity index (χ1v) is 7.97. The molecule has 0 amide bonds. The molecule has 0 aromatic heterocycles. The van der Waals surface area contributed by atoms with Gasteiger partial charge in [-0.15, -0.1) is 0 Å². The van der Waals surface area contributed by atoms with Crippen molar-refractivity contribution in [3.05, 3.63) is 58.6 Å². The molecule has 0 aliphatic carbocycles. The molecule has 0 spiro atoms. The largest absolute Gasteiger partial charge is 0.507 e. The number of nitrogens with zero attached hydrogens (tertiary/aromatic N) is 2. The van der Waals surface area contributed by atoms with E-state index in [1.807, 2.05) is 37.1 Å². The van der Waals surface area contributed by atoms with Gasteiger partial charge >= 0.3 is 0 Å². The third-order valence-corrected chi connectivity index (χ3v) is 4.60. The number of phenols is 1. The molecule has 2 aliphatic rings. The van der Waals surface area contributed by atoms with Crippen molar-refractivity contribution in [2.45, 2.75) is 32.0 Å². The number of hydrogen-bond acceptors (Lipinski definition) is 4. The molecular weight excluding hydrogens is 312 g/mol. The van der Waals surface area contributed by atoms with Gasteiger partial charge in [0, 0.05) is 22.6 Å². The number of benzene rings is 2. The van der Waals surface area contributed by atoms with Gasteiger partial charge in [0.05, 0.1) is 11.8 Å². The lowest BCUT2D eigenvalue weighted by Crippen LogP contribution is -2.48. The Labute approximate surface area is 140 Å². The SMILES string of the molecule is CC1(C)Oc2ccccc2[C@@H]2CC(c3cc(Cl)ccc3O)=NN21. The zero-order valence-corrected chi connectivity index (χ0v) is 13.7. The predicted molar refractivity (Wildman–Crippen MR) is 90.0 cm³/mol. The van der Waals surface area contributed by atoms with Gasteiger partial charge in [-0.05, 0) is 38.1 Å². The van der Waals surface area contributed by atoms with E-state index in [1.54, 1.807) is 18.2 Å². The Morgan fingerprint density at radius 3 is 2.87 bits per heavy atom. The molecule has 2 heterocycles. The first-order valence-electron chi connectivity index (χ1n) is 7.59. The molecule has 0 fully saturated rings. The maximum atomic E-state index is 10.2. The molecule has 2 aromatic rings. The summed E-state index contributed by atoms with van der Waals surface area (Å²) in [6, 6.07) is 13.2. The van der Waals surface area contributed by atoms with Gasteiger partial charge in [-0.3, -0.25) is 0 Å². The number of hydrazone groups is 1. The van der Waals surface area contributed by atoms with Crippen LogP contribution in [0, 0.1) is 0 Å². The first kappa shape index (κ1) is 14.4. The molecule has 23 heavy (non-hydrogen) atoms. The predicted octanol–water partition coefficient (Wildman–Crippen LogP) is 4.33. The van der Waals surface area contributed by atoms with Crippen LogP contribution in [0.4, 0.5) is 0 Å². The molecule has 4 rings (SSSR count). The van der Waals surface area contributed by atoms with Crippen molar-refractivity contribution in [2.24, 2.45) is 5.10 Å². The van der Waals surface area contributed by atoms with Gasteiger partial charge < -0.3 is 9.84 Å². The minimum absolute atomic E-state index is 0.100. The van der Waals surface area contributed by atoms with Gasteiger partial charge in [0.25, 0.3) is 0 Å². The average Bonchev–Trinajstić information content (AvgIpc) is 2.96. The van der Waals surface area contributed by atoms with E-state index in [2.05, 4.69) is 6.07 Å². The topological polar surface area (TPSA) is 45.1 Å². The second-order valence-electron chi connectivity index (χ2n) is 6.36. The number of ether oxygens (including phenoxy) is 1. The maximum Gasteiger partial charge on any atom is 0.192 e. The standard InChI is InChI=1S/C18H17ClN2O2/c1-18(2)21-15(12-5-3-4-6-17(12)23-18)10-14(20-21)13-9-11(19)7-8-16(13)22/h3-9,15,22H,10H2,1-2H3/t15-/m0/s1. The van der Waals surface area contributed by atoms with E-state index in [0.29, 0.717) is 17.0 Å². The lowest BCUT2D eigenvalue weighted by Gasteiger charge is -2.43. The van der Waals surface area contributed by atoms with Crippen LogP contribution in [0.25, 0.3) is 0 Å². The number of phenolic OH excluding ortho intramolecular Hbond substituents is 1. The fourth-order valence-corrected chi connectivity index (χ4v) is 3.49. The summed E-state index contributed by atoms with van der Waals surface area (Å²) in [4.78, 5) is 0. The lowest BCUT2D eigenvalue weighted by molar-refractivity contribution is -0.0911. The van der Waals surface area contributed by atoms with Crippen molar-refractivity contribution in [2.75, 3.05) is 0 Å². The molecule has 0 bridgehead atoms. The van der Waals surface area contributed by atoms with Crippen molar-refractivity contribution in [1.29, 1.82) is 0 Å². The monoisotopic (exact) mass is 328 g/mol. The summed E-state index contributed by atoms with van der Waals surface area (Å²) in [6.45, 7) is 4.00. The van der Waals surface area contributed by atoms with Crippen LogP contribution in [-0.2, 0) is 0 Å². The van der Waals surface area contributed by atoms with Crippen LogP contribution in [0.2, 0.25) is 5.02 Å². The van der Waals surface area contributed by atoms with Gasteiger partial charge in [0.1, 0.15) is 11.5 Å². The summed E-state index contributed by atoms with van der Waals surface area (Å²) in [5, 5.41) is 17.5. The lowest BCUT2D eigenvalue weighted by atomic mass is 9.95. The Morgan fingerprint density at radius 2 is 2.04 bits per heavy atom. The Bertz CT molecular complexity index is 816. The Morgan fingerprint density at radius 1 is 1.26 bits per heavy atom. The van der Waals surface area contributed by atoms with Crippen LogP contribution in [0.1, 0.15) is 37.4 Å². The molecule has 2 aromatic carbocycles. The second-order valence-corrected chi connectivity index (χ2v) is 6.80. The molecule has 1 atom stereocenters. The smallest absolute Gasteiger partial charge is 0.192 e. The first-order chi connectivity index (χ1) is 11.0. The highest BCUT2D eigenvalue weighted by atomic mass is 35.5. The summed E-state index contributed by atoms with van der Waals surface area (Å²) in [5.41, 5.74) is 2.07. The number of rotatable bonds is 1. The van der Waals surface area contributed by atoms with Gasteiger partial charge in [-0.1, -0.05) is 29.8 Å². The van der Waals surface area contributed by atoms with Crippen molar-refractivity contribution >= 4 is 17.3 Å². The summed E-state index contributed by atoms with van der Waals surface area (Å²) in [6.07, 6.45) is 0.706. The molecule has 4 nitrogen and oxygen atoms in total. The normalized spacial score (nSPS) is 21.3. The highest BCUT2D eigenvalue weighted by molar-refractivity contribution is 6.31. The fourth-order valence-electron chi connectivity index (χ4n) is 3.32. The van der Waals surface area contributed by atoms with Gasteiger partial charge in [-0.25, -0.2) is 5.01 Å². The molecule has 1 N–H and O–H groups in total.